The molecule has 2 aromatic rings. The maximum absolute atomic E-state index is 14.6. The highest BCUT2D eigenvalue weighted by Crippen LogP contribution is 2.50. The average Bonchev–Trinajstić information content (AvgIpc) is 3.31. The molecule has 166 valence electrons. The number of likely N-dealkylation sites (tertiary alicyclic amines) is 1. The second kappa shape index (κ2) is 7.77. The van der Waals surface area contributed by atoms with E-state index in [0.717, 1.165) is 11.0 Å². The standard InChI is InChI=1S/C22H16F4N2O4/c23-19(24)12-8-17(21(31)32)28(10-12)18(29)9-27-20(30)11-5-6-16-14(7-11)13-3-1-2-4-15(13)22(16,25)26/h1-7,17H,8-10H2,(H,27,30)(H,31,32)/t17-/m0/s1. The Bertz CT molecular complexity index is 1170. The molecule has 1 heterocycles. The Hall–Kier alpha value is -3.69. The van der Waals surface area contributed by atoms with Crippen molar-refractivity contribution in [3.8, 4) is 11.1 Å². The zero-order valence-corrected chi connectivity index (χ0v) is 16.4. The summed E-state index contributed by atoms with van der Waals surface area (Å²) in [4.78, 5) is 36.9. The predicted octanol–water partition coefficient (Wildman–Crippen LogP) is 3.37. The number of alkyl halides is 2. The number of hydrogen-bond acceptors (Lipinski definition) is 3. The number of fused-ring (bicyclic) bond motifs is 3. The number of carboxylic acid groups (broad SMARTS) is 1. The van der Waals surface area contributed by atoms with Crippen molar-refractivity contribution in [3.05, 3.63) is 70.8 Å². The van der Waals surface area contributed by atoms with Gasteiger partial charge in [0, 0.05) is 35.2 Å². The van der Waals surface area contributed by atoms with Gasteiger partial charge in [0.1, 0.15) is 6.04 Å². The molecule has 0 unspecified atom stereocenters. The lowest BCUT2D eigenvalue weighted by atomic mass is 10.0. The number of benzene rings is 2. The van der Waals surface area contributed by atoms with Crippen molar-refractivity contribution in [3.63, 3.8) is 0 Å². The molecule has 1 atom stereocenters. The lowest BCUT2D eigenvalue weighted by Crippen LogP contribution is -2.45. The second-order valence-corrected chi connectivity index (χ2v) is 7.51. The molecule has 1 saturated heterocycles. The van der Waals surface area contributed by atoms with Gasteiger partial charge < -0.3 is 15.3 Å². The molecule has 6 nitrogen and oxygen atoms in total. The molecule has 10 heteroatoms. The zero-order valence-electron chi connectivity index (χ0n) is 16.4. The van der Waals surface area contributed by atoms with Crippen molar-refractivity contribution in [1.82, 2.24) is 10.2 Å². The molecular weight excluding hydrogens is 432 g/mol. The number of aliphatic carboxylic acids is 1. The van der Waals surface area contributed by atoms with Crippen LogP contribution >= 0.6 is 0 Å². The fourth-order valence-electron chi connectivity index (χ4n) is 4.02. The molecule has 0 saturated carbocycles. The molecular formula is C22H16F4N2O4. The Morgan fingerprint density at radius 3 is 2.44 bits per heavy atom. The summed E-state index contributed by atoms with van der Waals surface area (Å²) in [7, 11) is 0. The third-order valence-electron chi connectivity index (χ3n) is 5.63. The molecule has 0 aromatic heterocycles. The Morgan fingerprint density at radius 2 is 1.75 bits per heavy atom. The van der Waals surface area contributed by atoms with E-state index in [2.05, 4.69) is 5.32 Å². The van der Waals surface area contributed by atoms with Crippen LogP contribution < -0.4 is 5.32 Å². The summed E-state index contributed by atoms with van der Waals surface area (Å²) in [5.41, 5.74) is -0.331. The molecule has 0 radical (unpaired) electrons. The van der Waals surface area contributed by atoms with E-state index in [4.69, 9.17) is 0 Å². The monoisotopic (exact) mass is 448 g/mol. The van der Waals surface area contributed by atoms with Gasteiger partial charge in [-0.2, -0.15) is 17.6 Å². The van der Waals surface area contributed by atoms with Crippen LogP contribution in [0.15, 0.2) is 54.1 Å². The van der Waals surface area contributed by atoms with Crippen molar-refractivity contribution >= 4 is 17.8 Å². The number of carbonyl (C=O) groups excluding carboxylic acids is 2. The van der Waals surface area contributed by atoms with E-state index in [1.807, 2.05) is 0 Å². The van der Waals surface area contributed by atoms with Crippen molar-refractivity contribution in [2.75, 3.05) is 13.1 Å². The fraction of sp³-hybridized carbons (Fsp3) is 0.227. The molecule has 1 fully saturated rings. The van der Waals surface area contributed by atoms with Gasteiger partial charge in [-0.3, -0.25) is 9.59 Å². The number of nitrogens with one attached hydrogen (secondary N) is 1. The Morgan fingerprint density at radius 1 is 1.06 bits per heavy atom. The van der Waals surface area contributed by atoms with Crippen LogP contribution in [-0.2, 0) is 15.5 Å². The lowest BCUT2D eigenvalue weighted by Gasteiger charge is -2.21. The SMILES string of the molecule is O=C(NCC(=O)N1CC(=C(F)F)C[C@H]1C(=O)O)c1ccc2c(c1)-c1ccccc1C2(F)F. The topological polar surface area (TPSA) is 86.7 Å². The van der Waals surface area contributed by atoms with Gasteiger partial charge in [0.2, 0.25) is 5.91 Å². The zero-order chi connectivity index (χ0) is 23.2. The van der Waals surface area contributed by atoms with E-state index in [1.54, 1.807) is 6.07 Å². The maximum Gasteiger partial charge on any atom is 0.326 e. The molecule has 2 aliphatic rings. The van der Waals surface area contributed by atoms with Crippen LogP contribution in [0.2, 0.25) is 0 Å². The summed E-state index contributed by atoms with van der Waals surface area (Å²) in [6.45, 7) is -1.17. The first kappa shape index (κ1) is 21.5. The first-order valence-corrected chi connectivity index (χ1v) is 9.57. The summed E-state index contributed by atoms with van der Waals surface area (Å²) in [5.74, 6) is -6.22. The highest BCUT2D eigenvalue weighted by Gasteiger charge is 2.44. The highest BCUT2D eigenvalue weighted by molar-refractivity contribution is 5.99. The second-order valence-electron chi connectivity index (χ2n) is 7.51. The number of hydrogen-bond donors (Lipinski definition) is 2. The smallest absolute Gasteiger partial charge is 0.326 e. The molecule has 2 aromatic carbocycles. The molecule has 32 heavy (non-hydrogen) atoms. The van der Waals surface area contributed by atoms with Gasteiger partial charge >= 0.3 is 5.97 Å². The van der Waals surface area contributed by atoms with Gasteiger partial charge in [0.05, 0.1) is 6.54 Å². The quantitative estimate of drug-likeness (QED) is 0.703. The minimum atomic E-state index is -3.20. The van der Waals surface area contributed by atoms with Crippen molar-refractivity contribution in [1.29, 1.82) is 0 Å². The molecule has 4 rings (SSSR count). The number of carboxylic acids is 1. The summed E-state index contributed by atoms with van der Waals surface area (Å²) in [6, 6.07) is 8.13. The largest absolute Gasteiger partial charge is 0.480 e. The van der Waals surface area contributed by atoms with Crippen LogP contribution in [0.3, 0.4) is 0 Å². The Labute approximate surface area is 179 Å². The number of rotatable bonds is 4. The van der Waals surface area contributed by atoms with E-state index < -0.39 is 60.9 Å². The van der Waals surface area contributed by atoms with Crippen LogP contribution in [0.5, 0.6) is 0 Å². The van der Waals surface area contributed by atoms with Crippen LogP contribution in [-0.4, -0.2) is 46.9 Å². The summed E-state index contributed by atoms with van der Waals surface area (Å²) < 4.78 is 54.9. The molecule has 0 spiro atoms. The molecule has 1 aliphatic heterocycles. The molecule has 1 aliphatic carbocycles. The third kappa shape index (κ3) is 3.51. The van der Waals surface area contributed by atoms with Gasteiger partial charge in [-0.25, -0.2) is 4.79 Å². The average molecular weight is 448 g/mol. The predicted molar refractivity (Wildman–Crippen MR) is 104 cm³/mol. The van der Waals surface area contributed by atoms with E-state index in [0.29, 0.717) is 5.56 Å². The van der Waals surface area contributed by atoms with Gasteiger partial charge in [0.15, 0.2) is 0 Å². The Balaban J connectivity index is 1.50. The van der Waals surface area contributed by atoms with Crippen molar-refractivity contribution < 1.29 is 37.1 Å². The summed E-state index contributed by atoms with van der Waals surface area (Å²) in [6.07, 6.45) is -2.53. The van der Waals surface area contributed by atoms with Crippen LogP contribution in [0.1, 0.15) is 27.9 Å². The van der Waals surface area contributed by atoms with E-state index in [1.165, 1.54) is 30.3 Å². The minimum Gasteiger partial charge on any atom is -0.480 e. The van der Waals surface area contributed by atoms with Crippen molar-refractivity contribution in [2.45, 2.75) is 18.4 Å². The van der Waals surface area contributed by atoms with Gasteiger partial charge in [-0.15, -0.1) is 0 Å². The van der Waals surface area contributed by atoms with Crippen LogP contribution in [0, 0.1) is 0 Å². The van der Waals surface area contributed by atoms with E-state index >= 15 is 0 Å². The maximum atomic E-state index is 14.6. The highest BCUT2D eigenvalue weighted by atomic mass is 19.3. The van der Waals surface area contributed by atoms with Gasteiger partial charge in [-0.1, -0.05) is 30.3 Å². The van der Waals surface area contributed by atoms with E-state index in [-0.39, 0.29) is 22.3 Å². The number of halogens is 4. The van der Waals surface area contributed by atoms with Crippen LogP contribution in [0.25, 0.3) is 11.1 Å². The number of amides is 2. The third-order valence-corrected chi connectivity index (χ3v) is 5.63. The van der Waals surface area contributed by atoms with E-state index in [9.17, 15) is 37.1 Å². The number of nitrogens with zero attached hydrogens (tertiary/aromatic N) is 1. The Kier molecular flexibility index (Phi) is 5.23. The fourth-order valence-corrected chi connectivity index (χ4v) is 4.02. The normalized spacial score (nSPS) is 18.2. The van der Waals surface area contributed by atoms with Crippen molar-refractivity contribution in [2.24, 2.45) is 0 Å². The van der Waals surface area contributed by atoms with Gasteiger partial charge in [-0.05, 0) is 23.3 Å². The van der Waals surface area contributed by atoms with Gasteiger partial charge in [0.25, 0.3) is 17.9 Å². The van der Waals surface area contributed by atoms with Crippen LogP contribution in [0.4, 0.5) is 17.6 Å². The molecule has 2 amide bonds. The first-order valence-electron chi connectivity index (χ1n) is 9.57. The number of carbonyl (C=O) groups is 3. The minimum absolute atomic E-state index is 0.0237. The summed E-state index contributed by atoms with van der Waals surface area (Å²) >= 11 is 0. The molecule has 0 bridgehead atoms. The first-order chi connectivity index (χ1) is 15.1. The summed E-state index contributed by atoms with van der Waals surface area (Å²) in [5, 5.41) is 11.5. The molecule has 2 N–H and O–H groups in total. The lowest BCUT2D eigenvalue weighted by molar-refractivity contribution is -0.147.